The van der Waals surface area contributed by atoms with Gasteiger partial charge < -0.3 is 46.8 Å². The Morgan fingerprint density at radius 3 is 1.90 bits per heavy atom. The zero-order valence-electron chi connectivity index (χ0n) is 56.4. The van der Waals surface area contributed by atoms with Gasteiger partial charge in [0.15, 0.2) is 22.7 Å². The number of methoxy groups -OCH3 is 1. The molecule has 2 aromatic carbocycles. The molecular formula is C70H112O13Si3. The zero-order valence-corrected chi connectivity index (χ0v) is 59.4. The van der Waals surface area contributed by atoms with Crippen LogP contribution < -0.4 is 10.4 Å². The van der Waals surface area contributed by atoms with Crippen LogP contribution in [0, 0.1) is 10.8 Å². The predicted molar refractivity (Wildman–Crippen MR) is 351 cm³/mol. The first-order valence-electron chi connectivity index (χ1n) is 32.2. The van der Waals surface area contributed by atoms with E-state index in [1.807, 2.05) is 38.1 Å². The number of hydrogen-bond acceptors (Lipinski definition) is 13. The first kappa shape index (κ1) is 71.5. The van der Waals surface area contributed by atoms with E-state index in [9.17, 15) is 14.7 Å². The van der Waals surface area contributed by atoms with E-state index in [1.165, 1.54) is 13.2 Å². The molecule has 13 nitrogen and oxygen atoms in total. The van der Waals surface area contributed by atoms with Crippen LogP contribution in [-0.2, 0) is 56.1 Å². The lowest BCUT2D eigenvalue weighted by atomic mass is 9.73. The highest BCUT2D eigenvalue weighted by Crippen LogP contribution is 2.50. The molecule has 4 heterocycles. The summed E-state index contributed by atoms with van der Waals surface area (Å²) in [5.41, 5.74) is -0.435. The second-order valence-electron chi connectivity index (χ2n) is 30.6. The van der Waals surface area contributed by atoms with Crippen LogP contribution in [0.4, 0.5) is 0 Å². The summed E-state index contributed by atoms with van der Waals surface area (Å²) in [5, 5.41) is 15.1. The summed E-state index contributed by atoms with van der Waals surface area (Å²) in [6, 6.07) is 21.0. The fourth-order valence-electron chi connectivity index (χ4n) is 12.4. The Kier molecular flexibility index (Phi) is 23.9. The van der Waals surface area contributed by atoms with Crippen LogP contribution in [-0.4, -0.2) is 122 Å². The molecule has 0 unspecified atom stereocenters. The molecule has 2 aromatic rings. The van der Waals surface area contributed by atoms with E-state index in [1.54, 1.807) is 0 Å². The third-order valence-electron chi connectivity index (χ3n) is 19.9. The lowest BCUT2D eigenvalue weighted by Gasteiger charge is -2.53. The van der Waals surface area contributed by atoms with Gasteiger partial charge in [0.05, 0.1) is 62.9 Å². The number of carbonyl (C=O) groups excluding carboxylic acids is 3. The summed E-state index contributed by atoms with van der Waals surface area (Å²) in [6.45, 7) is 43.9. The van der Waals surface area contributed by atoms with Crippen molar-refractivity contribution >= 4 is 53.2 Å². The first-order valence-corrected chi connectivity index (χ1v) is 40.0. The molecule has 16 heteroatoms. The molecule has 0 radical (unpaired) electrons. The normalized spacial score (nSPS) is 29.1. The van der Waals surface area contributed by atoms with Crippen molar-refractivity contribution in [2.45, 2.75) is 289 Å². The summed E-state index contributed by atoms with van der Waals surface area (Å²) in [5.74, 6) is -3.95. The van der Waals surface area contributed by atoms with Gasteiger partial charge in [-0.1, -0.05) is 208 Å². The highest BCUT2D eigenvalue weighted by atomic mass is 28.4. The maximum atomic E-state index is 15.6. The molecule has 6 rings (SSSR count). The number of benzene rings is 2. The van der Waals surface area contributed by atoms with E-state index in [2.05, 4.69) is 164 Å². The highest BCUT2D eigenvalue weighted by Gasteiger charge is 2.59. The lowest BCUT2D eigenvalue weighted by Crippen LogP contribution is -2.68. The SMILES string of the molecule is C=C1C[C@H]2C[C@@H]3O[C@H](C[C@@H](O[Si](c4ccccc4)(c4ccccc4)C(C)(C)C)CC(=O)O[C@@H](CO[Si](C)(C)C(C)(C)C)C[C@@H]4C/C(=C\C(=O)OC)[C@H](OC(=O)CCCCCCC)[C@@](O)(O4)C(C)(C)/C=C/[C@@H](C1)O2)C[C@H](O[Si](C)(C)C(C)(C)C)C3(C)C. The number of cyclic esters (lactones) is 1. The number of fused-ring (bicyclic) bond motifs is 6. The third-order valence-corrected chi connectivity index (χ3v) is 34.0. The molecule has 0 amide bonds. The van der Waals surface area contributed by atoms with Crippen molar-refractivity contribution in [2.24, 2.45) is 10.8 Å². The molecule has 4 aliphatic heterocycles. The van der Waals surface area contributed by atoms with E-state index in [-0.39, 0.29) is 66.8 Å². The fraction of sp³-hybridized carbons (Fsp3) is 0.700. The van der Waals surface area contributed by atoms with Crippen LogP contribution >= 0.6 is 0 Å². The van der Waals surface area contributed by atoms with E-state index in [0.29, 0.717) is 44.1 Å². The van der Waals surface area contributed by atoms with Crippen molar-refractivity contribution in [3.05, 3.63) is 96.6 Å². The van der Waals surface area contributed by atoms with Crippen LogP contribution in [0.1, 0.15) is 187 Å². The van der Waals surface area contributed by atoms with Gasteiger partial charge in [-0.05, 0) is 95.8 Å². The Hall–Kier alpha value is -3.56. The Balaban J connectivity index is 1.56. The van der Waals surface area contributed by atoms with Crippen molar-refractivity contribution < 1.29 is 61.2 Å². The summed E-state index contributed by atoms with van der Waals surface area (Å²) in [7, 11) is -6.90. The first-order chi connectivity index (χ1) is 39.9. The van der Waals surface area contributed by atoms with Gasteiger partial charge in [0.2, 0.25) is 5.79 Å². The highest BCUT2D eigenvalue weighted by molar-refractivity contribution is 6.99. The Bertz CT molecular complexity index is 2590. The molecule has 10 atom stereocenters. The maximum Gasteiger partial charge on any atom is 0.330 e. The number of carbonyl (C=O) groups is 3. The minimum absolute atomic E-state index is 0.0373. The quantitative estimate of drug-likeness (QED) is 0.0399. The van der Waals surface area contributed by atoms with Crippen molar-refractivity contribution in [1.82, 2.24) is 0 Å². The van der Waals surface area contributed by atoms with Gasteiger partial charge in [-0.25, -0.2) is 4.79 Å². The van der Waals surface area contributed by atoms with Crippen LogP contribution in [0.25, 0.3) is 0 Å². The molecule has 0 aliphatic carbocycles. The molecule has 3 saturated heterocycles. The zero-order chi connectivity index (χ0) is 63.9. The minimum Gasteiger partial charge on any atom is -0.466 e. The molecule has 0 spiro atoms. The second-order valence-corrected chi connectivity index (χ2v) is 44.4. The average molecular weight is 1250 g/mol. The largest absolute Gasteiger partial charge is 0.466 e. The maximum absolute atomic E-state index is 15.6. The number of ether oxygens (including phenoxy) is 6. The smallest absolute Gasteiger partial charge is 0.330 e. The van der Waals surface area contributed by atoms with Crippen LogP contribution in [0.15, 0.2) is 96.6 Å². The van der Waals surface area contributed by atoms with Crippen LogP contribution in [0.3, 0.4) is 0 Å². The summed E-state index contributed by atoms with van der Waals surface area (Å²) in [4.78, 5) is 43.1. The van der Waals surface area contributed by atoms with Crippen LogP contribution in [0.5, 0.6) is 0 Å². The monoisotopic (exact) mass is 1240 g/mol. The molecule has 4 aliphatic rings. The Labute approximate surface area is 521 Å². The van der Waals surface area contributed by atoms with E-state index in [0.717, 1.165) is 41.6 Å². The minimum atomic E-state index is -3.33. The summed E-state index contributed by atoms with van der Waals surface area (Å²) >= 11 is 0. The Morgan fingerprint density at radius 2 is 1.33 bits per heavy atom. The number of esters is 3. The fourth-order valence-corrected chi connectivity index (χ4v) is 19.6. The topological polar surface area (TPSA) is 155 Å². The summed E-state index contributed by atoms with van der Waals surface area (Å²) < 4.78 is 62.6. The van der Waals surface area contributed by atoms with Gasteiger partial charge in [-0.15, -0.1) is 0 Å². The summed E-state index contributed by atoms with van der Waals surface area (Å²) in [6.07, 6.45) is 6.90. The van der Waals surface area contributed by atoms with Gasteiger partial charge in [0.1, 0.15) is 6.10 Å². The van der Waals surface area contributed by atoms with Crippen LogP contribution in [0.2, 0.25) is 41.3 Å². The molecule has 0 saturated carbocycles. The van der Waals surface area contributed by atoms with Crippen molar-refractivity contribution in [2.75, 3.05) is 13.7 Å². The third kappa shape index (κ3) is 17.5. The standard InChI is InChI=1S/C70H112O13Si3/c1-21-22-23-24-31-36-61(71)80-64-50(42-62(72)75-16)41-54-44-56(48-76-84(17,18)65(3,4)5)79-63(73)47-55(82-86(67(9,10)11,57-32-27-25-28-33-57)58-34-29-26-30-35-58)43-53-46-60(83-85(19,20)66(6,7)8)69(14,15)59(78-53)45-52-40-49(2)39-51(77-52)37-38-68(12,13)70(64,74)81-54/h25-30,32-35,37-38,42,51-56,59-60,64,74H,2,21-24,31,36,39-41,43-48H2,1,3-20H3/b38-37+,50-42+/t51-,52-,53+,54-,55+,56+,59-,60-,64-,70+/m0/s1. The van der Waals surface area contributed by atoms with Crippen molar-refractivity contribution in [3.63, 3.8) is 0 Å². The second kappa shape index (κ2) is 28.7. The molecule has 3 fully saturated rings. The number of unbranched alkanes of at least 4 members (excludes halogenated alkanes) is 4. The van der Waals surface area contributed by atoms with Gasteiger partial charge in [0, 0.05) is 36.2 Å². The molecule has 86 heavy (non-hydrogen) atoms. The predicted octanol–water partition coefficient (Wildman–Crippen LogP) is 14.5. The number of aliphatic hydroxyl groups is 1. The molecule has 482 valence electrons. The van der Waals surface area contributed by atoms with Gasteiger partial charge in [-0.3, -0.25) is 9.59 Å². The van der Waals surface area contributed by atoms with Crippen molar-refractivity contribution in [1.29, 1.82) is 0 Å². The Morgan fingerprint density at radius 1 is 0.721 bits per heavy atom. The van der Waals surface area contributed by atoms with Gasteiger partial charge in [0.25, 0.3) is 8.32 Å². The van der Waals surface area contributed by atoms with E-state index >= 15 is 4.79 Å². The van der Waals surface area contributed by atoms with E-state index < -0.39 is 95.0 Å². The van der Waals surface area contributed by atoms with E-state index in [4.69, 9.17) is 41.7 Å². The van der Waals surface area contributed by atoms with Gasteiger partial charge in [-0.2, -0.15) is 0 Å². The molecule has 6 bridgehead atoms. The number of hydrogen-bond donors (Lipinski definition) is 1. The molecule has 1 N–H and O–H groups in total. The number of rotatable bonds is 17. The molecule has 0 aromatic heterocycles. The van der Waals surface area contributed by atoms with Crippen molar-refractivity contribution in [3.8, 4) is 0 Å². The lowest BCUT2D eigenvalue weighted by molar-refractivity contribution is -0.327. The van der Waals surface area contributed by atoms with Gasteiger partial charge >= 0.3 is 17.9 Å². The average Bonchev–Trinajstić information content (AvgIpc) is 0.812. The molecular weight excluding hydrogens is 1130 g/mol.